The summed E-state index contributed by atoms with van der Waals surface area (Å²) in [6.45, 7) is 0. The Balaban J connectivity index is 3.09. The lowest BCUT2D eigenvalue weighted by molar-refractivity contribution is 0.0594. The van der Waals surface area contributed by atoms with Gasteiger partial charge in [-0.1, -0.05) is 0 Å². The normalized spacial score (nSPS) is 10.5. The Kier molecular flexibility index (Phi) is 3.35. The molecule has 0 fully saturated rings. The van der Waals surface area contributed by atoms with Gasteiger partial charge in [0, 0.05) is 11.8 Å². The molecule has 0 spiro atoms. The molecule has 0 aliphatic heterocycles. The number of nitrogens with two attached hydrogens (primary N) is 1. The summed E-state index contributed by atoms with van der Waals surface area (Å²) < 4.78 is 4.48. The van der Waals surface area contributed by atoms with Gasteiger partial charge in [0.05, 0.1) is 7.11 Å². The predicted octanol–water partition coefficient (Wildman–Crippen LogP) is 0.0546. The number of carbonyl (C=O) groups is 1. The van der Waals surface area contributed by atoms with Gasteiger partial charge in [0.15, 0.2) is 0 Å². The van der Waals surface area contributed by atoms with E-state index >= 15 is 0 Å². The number of ether oxygens (including phenoxy) is 1. The maximum absolute atomic E-state index is 11.1. The van der Waals surface area contributed by atoms with Crippen molar-refractivity contribution >= 4 is 11.8 Å². The molecule has 0 aromatic carbocycles. The lowest BCUT2D eigenvalue weighted by atomic mass is 10.2. The van der Waals surface area contributed by atoms with Crippen molar-refractivity contribution in [2.45, 2.75) is 0 Å². The molecule has 0 bridgehead atoms. The summed E-state index contributed by atoms with van der Waals surface area (Å²) in [5.41, 5.74) is 6.03. The molecule has 0 atom stereocenters. The number of nitrogens with zero attached hydrogens (tertiary/aromatic N) is 3. The first-order chi connectivity index (χ1) is 7.19. The number of aliphatic imine (C=N–C) groups is 1. The van der Waals surface area contributed by atoms with Crippen molar-refractivity contribution in [1.29, 1.82) is 5.26 Å². The van der Waals surface area contributed by atoms with E-state index in [-0.39, 0.29) is 11.5 Å². The minimum Gasteiger partial charge on any atom is -0.464 e. The summed E-state index contributed by atoms with van der Waals surface area (Å²) in [7, 11) is 1.25. The Morgan fingerprint density at radius 1 is 1.73 bits per heavy atom. The van der Waals surface area contributed by atoms with Gasteiger partial charge in [-0.05, 0) is 12.1 Å². The van der Waals surface area contributed by atoms with E-state index in [1.165, 1.54) is 19.4 Å². The highest BCUT2D eigenvalue weighted by atomic mass is 16.5. The number of rotatable bonds is 2. The Labute approximate surface area is 86.0 Å². The smallest absolute Gasteiger partial charge is 0.356 e. The summed E-state index contributed by atoms with van der Waals surface area (Å²) >= 11 is 0. The first-order valence-corrected chi connectivity index (χ1v) is 3.96. The van der Waals surface area contributed by atoms with Gasteiger partial charge in [-0.3, -0.25) is 0 Å². The number of carbonyl (C=O) groups excluding carboxylic acids is 1. The first kappa shape index (κ1) is 10.7. The molecule has 76 valence electrons. The predicted molar refractivity (Wildman–Crippen MR) is 51.9 cm³/mol. The van der Waals surface area contributed by atoms with E-state index in [0.29, 0.717) is 5.56 Å². The molecule has 0 aliphatic rings. The zero-order chi connectivity index (χ0) is 11.3. The fourth-order valence-electron chi connectivity index (χ4n) is 0.924. The molecule has 1 aromatic rings. The number of esters is 1. The Bertz CT molecular complexity index is 448. The van der Waals surface area contributed by atoms with Crippen LogP contribution in [0.4, 0.5) is 0 Å². The van der Waals surface area contributed by atoms with Crippen LogP contribution in [0.3, 0.4) is 0 Å². The molecule has 1 aromatic heterocycles. The number of hydrogen-bond donors (Lipinski definition) is 1. The van der Waals surface area contributed by atoms with Crippen molar-refractivity contribution in [2.75, 3.05) is 7.11 Å². The molecule has 2 N–H and O–H groups in total. The zero-order valence-electron chi connectivity index (χ0n) is 7.97. The Morgan fingerprint density at radius 2 is 2.47 bits per heavy atom. The lowest BCUT2D eigenvalue weighted by Gasteiger charge is -2.01. The number of hydrogen-bond acceptors (Lipinski definition) is 5. The van der Waals surface area contributed by atoms with E-state index in [4.69, 9.17) is 11.0 Å². The summed E-state index contributed by atoms with van der Waals surface area (Å²) in [4.78, 5) is 18.2. The van der Waals surface area contributed by atoms with Crippen LogP contribution in [0.1, 0.15) is 16.1 Å². The topological polar surface area (TPSA) is 101 Å². The second-order valence-corrected chi connectivity index (χ2v) is 2.52. The zero-order valence-corrected chi connectivity index (χ0v) is 7.97. The number of nitriles is 1. The van der Waals surface area contributed by atoms with Crippen LogP contribution < -0.4 is 5.73 Å². The molecular weight excluding hydrogens is 196 g/mol. The van der Waals surface area contributed by atoms with Crippen molar-refractivity contribution in [3.05, 3.63) is 29.6 Å². The molecule has 6 nitrogen and oxygen atoms in total. The maximum atomic E-state index is 11.1. The van der Waals surface area contributed by atoms with Gasteiger partial charge in [0.2, 0.25) is 6.19 Å². The van der Waals surface area contributed by atoms with Crippen LogP contribution in [0.15, 0.2) is 23.3 Å². The molecule has 6 heteroatoms. The minimum absolute atomic E-state index is 0.0325. The van der Waals surface area contributed by atoms with Gasteiger partial charge < -0.3 is 10.5 Å². The van der Waals surface area contributed by atoms with E-state index in [2.05, 4.69) is 14.7 Å². The summed E-state index contributed by atoms with van der Waals surface area (Å²) in [5.74, 6) is -0.535. The standard InChI is InChI=1S/C9H8N4O2/c1-15-9(14)7-4-6(2-3-12-7)8(11)13-5-10/h2-4H,1H3,(H2,11,13). The molecule has 15 heavy (non-hydrogen) atoms. The van der Waals surface area contributed by atoms with Crippen LogP contribution in [0.25, 0.3) is 0 Å². The average Bonchev–Trinajstić information content (AvgIpc) is 2.28. The highest BCUT2D eigenvalue weighted by molar-refractivity contribution is 5.99. The molecule has 0 radical (unpaired) electrons. The van der Waals surface area contributed by atoms with Gasteiger partial charge in [-0.2, -0.15) is 10.3 Å². The highest BCUT2D eigenvalue weighted by Crippen LogP contribution is 2.02. The molecular formula is C9H8N4O2. The van der Waals surface area contributed by atoms with Crippen LogP contribution in [-0.4, -0.2) is 23.9 Å². The number of pyridine rings is 1. The molecule has 0 amide bonds. The van der Waals surface area contributed by atoms with Gasteiger partial charge in [0.1, 0.15) is 11.5 Å². The monoisotopic (exact) mass is 204 g/mol. The van der Waals surface area contributed by atoms with Crippen molar-refractivity contribution in [1.82, 2.24) is 4.98 Å². The maximum Gasteiger partial charge on any atom is 0.356 e. The van der Waals surface area contributed by atoms with E-state index in [1.807, 2.05) is 0 Å². The van der Waals surface area contributed by atoms with Crippen molar-refractivity contribution in [3.63, 3.8) is 0 Å². The molecule has 0 unspecified atom stereocenters. The SMILES string of the molecule is COC(=O)c1cc(C(N)=NC#N)ccn1. The second kappa shape index (κ2) is 4.72. The third-order valence-electron chi connectivity index (χ3n) is 1.62. The fourth-order valence-corrected chi connectivity index (χ4v) is 0.924. The van der Waals surface area contributed by atoms with Crippen LogP contribution in [-0.2, 0) is 4.74 Å². The van der Waals surface area contributed by atoms with Crippen molar-refractivity contribution < 1.29 is 9.53 Å². The largest absolute Gasteiger partial charge is 0.464 e. The van der Waals surface area contributed by atoms with Crippen molar-refractivity contribution in [3.8, 4) is 6.19 Å². The van der Waals surface area contributed by atoms with Crippen LogP contribution in [0.5, 0.6) is 0 Å². The summed E-state index contributed by atoms with van der Waals surface area (Å²) in [5, 5.41) is 8.30. The van der Waals surface area contributed by atoms with E-state index in [0.717, 1.165) is 0 Å². The van der Waals surface area contributed by atoms with E-state index < -0.39 is 5.97 Å². The van der Waals surface area contributed by atoms with E-state index in [1.54, 1.807) is 12.3 Å². The third kappa shape index (κ3) is 2.51. The second-order valence-electron chi connectivity index (χ2n) is 2.52. The molecule has 0 saturated carbocycles. The summed E-state index contributed by atoms with van der Waals surface area (Å²) in [6.07, 6.45) is 2.95. The molecule has 1 heterocycles. The average molecular weight is 204 g/mol. The quantitative estimate of drug-likeness (QED) is 0.317. The van der Waals surface area contributed by atoms with Crippen LogP contribution in [0.2, 0.25) is 0 Å². The molecule has 0 saturated heterocycles. The lowest BCUT2D eigenvalue weighted by Crippen LogP contribution is -2.14. The van der Waals surface area contributed by atoms with E-state index in [9.17, 15) is 4.79 Å². The van der Waals surface area contributed by atoms with Crippen LogP contribution >= 0.6 is 0 Å². The van der Waals surface area contributed by atoms with Gasteiger partial charge >= 0.3 is 5.97 Å². The highest BCUT2D eigenvalue weighted by Gasteiger charge is 2.08. The number of aromatic nitrogens is 1. The third-order valence-corrected chi connectivity index (χ3v) is 1.62. The molecule has 1 rings (SSSR count). The number of methoxy groups -OCH3 is 1. The van der Waals surface area contributed by atoms with Crippen molar-refractivity contribution in [2.24, 2.45) is 10.7 Å². The van der Waals surface area contributed by atoms with Gasteiger partial charge in [0.25, 0.3) is 0 Å². The Morgan fingerprint density at radius 3 is 3.07 bits per heavy atom. The Hall–Kier alpha value is -2.42. The fraction of sp³-hybridized carbons (Fsp3) is 0.111. The number of amidine groups is 1. The van der Waals surface area contributed by atoms with Gasteiger partial charge in [-0.15, -0.1) is 0 Å². The first-order valence-electron chi connectivity index (χ1n) is 3.96. The summed E-state index contributed by atoms with van der Waals surface area (Å²) in [6, 6.07) is 2.95. The minimum atomic E-state index is -0.568. The van der Waals surface area contributed by atoms with Gasteiger partial charge in [-0.25, -0.2) is 9.78 Å². The molecule has 0 aliphatic carbocycles. The van der Waals surface area contributed by atoms with Crippen LogP contribution in [0, 0.1) is 11.5 Å².